The lowest BCUT2D eigenvalue weighted by Gasteiger charge is -2.33. The molecule has 0 heterocycles. The van der Waals surface area contributed by atoms with Gasteiger partial charge in [-0.25, -0.2) is 8.42 Å². The number of benzene rings is 3. The van der Waals surface area contributed by atoms with Gasteiger partial charge in [0.2, 0.25) is 21.8 Å². The maximum Gasteiger partial charge on any atom is 0.416 e. The number of hydrogen-bond donors (Lipinski definition) is 1. The molecule has 0 aliphatic heterocycles. The highest BCUT2D eigenvalue weighted by Gasteiger charge is 2.35. The normalized spacial score (nSPS) is 12.5. The number of nitrogens with zero attached hydrogens (tertiary/aromatic N) is 2. The first-order valence-electron chi connectivity index (χ1n) is 11.8. The number of nitrogens with one attached hydrogen (secondary N) is 1. The number of sulfonamides is 1. The van der Waals surface area contributed by atoms with Gasteiger partial charge in [-0.3, -0.25) is 13.9 Å². The van der Waals surface area contributed by atoms with Crippen LogP contribution >= 0.6 is 23.2 Å². The molecule has 0 aromatic heterocycles. The third-order valence-electron chi connectivity index (χ3n) is 6.04. The van der Waals surface area contributed by atoms with Gasteiger partial charge in [0.05, 0.1) is 22.5 Å². The molecule has 1 N–H and O–H groups in total. The summed E-state index contributed by atoms with van der Waals surface area (Å²) in [5.74, 6) is -1.39. The van der Waals surface area contributed by atoms with Crippen LogP contribution in [0.25, 0.3) is 0 Å². The predicted octanol–water partition coefficient (Wildman–Crippen LogP) is 5.16. The number of hydrogen-bond acceptors (Lipinski definition) is 4. The molecule has 0 spiro atoms. The molecule has 40 heavy (non-hydrogen) atoms. The summed E-state index contributed by atoms with van der Waals surface area (Å²) in [5.41, 5.74) is -0.478. The van der Waals surface area contributed by atoms with Crippen LogP contribution in [0.2, 0.25) is 10.0 Å². The third-order valence-corrected chi connectivity index (χ3v) is 7.85. The molecule has 0 unspecified atom stereocenters. The lowest BCUT2D eigenvalue weighted by atomic mass is 10.0. The summed E-state index contributed by atoms with van der Waals surface area (Å²) in [4.78, 5) is 28.1. The van der Waals surface area contributed by atoms with Crippen molar-refractivity contribution in [3.63, 3.8) is 0 Å². The first-order valence-corrected chi connectivity index (χ1v) is 14.5. The van der Waals surface area contributed by atoms with E-state index in [1.807, 2.05) is 0 Å². The van der Waals surface area contributed by atoms with Crippen molar-refractivity contribution in [2.45, 2.75) is 25.2 Å². The van der Waals surface area contributed by atoms with Gasteiger partial charge in [-0.1, -0.05) is 71.7 Å². The van der Waals surface area contributed by atoms with Gasteiger partial charge in [-0.2, -0.15) is 13.2 Å². The molecular formula is C27H26Cl2F3N3O4S. The zero-order chi connectivity index (χ0) is 29.7. The molecule has 0 aliphatic rings. The Hall–Kier alpha value is -3.28. The SMILES string of the molecule is CNC(=O)[C@H](Cc1ccccc1)N(Cc1ccccc1Cl)C(=O)CN(c1cc(C(F)(F)F)ccc1Cl)S(C)(=O)=O. The number of amides is 2. The molecule has 0 saturated heterocycles. The Kier molecular flexibility index (Phi) is 10.1. The minimum absolute atomic E-state index is 0.0693. The summed E-state index contributed by atoms with van der Waals surface area (Å²) in [6.07, 6.45) is -3.97. The van der Waals surface area contributed by atoms with Gasteiger partial charge in [-0.05, 0) is 35.4 Å². The number of carbonyl (C=O) groups excluding carboxylic acids is 2. The molecule has 0 fully saturated rings. The van der Waals surface area contributed by atoms with Crippen LogP contribution in [0.4, 0.5) is 18.9 Å². The molecule has 7 nitrogen and oxygen atoms in total. The number of likely N-dealkylation sites (N-methyl/N-ethyl adjacent to an activating group) is 1. The second-order valence-electron chi connectivity index (χ2n) is 8.87. The van der Waals surface area contributed by atoms with Gasteiger partial charge in [-0.15, -0.1) is 0 Å². The Morgan fingerprint density at radius 1 is 0.950 bits per heavy atom. The van der Waals surface area contributed by atoms with Gasteiger partial charge in [0.1, 0.15) is 12.6 Å². The smallest absolute Gasteiger partial charge is 0.357 e. The van der Waals surface area contributed by atoms with Gasteiger partial charge in [0, 0.05) is 25.0 Å². The summed E-state index contributed by atoms with van der Waals surface area (Å²) in [6.45, 7) is -1.11. The van der Waals surface area contributed by atoms with Crippen LogP contribution in [-0.4, -0.2) is 51.0 Å². The Labute approximate surface area is 240 Å². The van der Waals surface area contributed by atoms with E-state index in [1.54, 1.807) is 54.6 Å². The van der Waals surface area contributed by atoms with Gasteiger partial charge >= 0.3 is 6.18 Å². The second kappa shape index (κ2) is 12.9. The highest BCUT2D eigenvalue weighted by Crippen LogP contribution is 2.36. The lowest BCUT2D eigenvalue weighted by Crippen LogP contribution is -2.53. The van der Waals surface area contributed by atoms with Gasteiger partial charge < -0.3 is 10.2 Å². The van der Waals surface area contributed by atoms with E-state index in [2.05, 4.69) is 5.32 Å². The maximum absolute atomic E-state index is 13.9. The second-order valence-corrected chi connectivity index (χ2v) is 11.6. The van der Waals surface area contributed by atoms with E-state index in [9.17, 15) is 31.2 Å². The summed E-state index contributed by atoms with van der Waals surface area (Å²) in [7, 11) is -2.92. The van der Waals surface area contributed by atoms with Crippen molar-refractivity contribution >= 4 is 50.7 Å². The highest BCUT2D eigenvalue weighted by molar-refractivity contribution is 7.92. The Balaban J connectivity index is 2.10. The predicted molar refractivity (Wildman–Crippen MR) is 149 cm³/mol. The fraction of sp³-hybridized carbons (Fsp3) is 0.259. The minimum Gasteiger partial charge on any atom is -0.357 e. The van der Waals surface area contributed by atoms with E-state index >= 15 is 0 Å². The molecule has 0 aliphatic carbocycles. The van der Waals surface area contributed by atoms with Crippen LogP contribution in [0.1, 0.15) is 16.7 Å². The fourth-order valence-electron chi connectivity index (χ4n) is 4.01. The van der Waals surface area contributed by atoms with Crippen molar-refractivity contribution in [2.24, 2.45) is 0 Å². The maximum atomic E-state index is 13.9. The molecule has 2 amide bonds. The first-order chi connectivity index (χ1) is 18.7. The van der Waals surface area contributed by atoms with Crippen molar-refractivity contribution in [2.75, 3.05) is 24.2 Å². The van der Waals surface area contributed by atoms with Crippen molar-refractivity contribution in [1.29, 1.82) is 0 Å². The Morgan fingerprint density at radius 3 is 2.15 bits per heavy atom. The lowest BCUT2D eigenvalue weighted by molar-refractivity contribution is -0.139. The molecule has 3 rings (SSSR count). The number of anilines is 1. The molecule has 13 heteroatoms. The zero-order valence-electron chi connectivity index (χ0n) is 21.5. The fourth-order valence-corrected chi connectivity index (χ4v) is 5.32. The molecule has 3 aromatic rings. The number of alkyl halides is 3. The van der Waals surface area contributed by atoms with E-state index < -0.39 is 51.9 Å². The molecule has 0 saturated carbocycles. The summed E-state index contributed by atoms with van der Waals surface area (Å²) < 4.78 is 66.3. The largest absolute Gasteiger partial charge is 0.416 e. The van der Waals surface area contributed by atoms with Crippen molar-refractivity contribution < 1.29 is 31.2 Å². The molecule has 0 bridgehead atoms. The first kappa shape index (κ1) is 31.3. The summed E-state index contributed by atoms with van der Waals surface area (Å²) in [6, 6.07) is 16.5. The number of carbonyl (C=O) groups is 2. The molecule has 214 valence electrons. The van der Waals surface area contributed by atoms with Crippen LogP contribution in [0.15, 0.2) is 72.8 Å². The van der Waals surface area contributed by atoms with E-state index in [-0.39, 0.29) is 18.0 Å². The Bertz CT molecular complexity index is 1470. The van der Waals surface area contributed by atoms with E-state index in [4.69, 9.17) is 23.2 Å². The van der Waals surface area contributed by atoms with Crippen LogP contribution in [0.5, 0.6) is 0 Å². The highest BCUT2D eigenvalue weighted by atomic mass is 35.5. The summed E-state index contributed by atoms with van der Waals surface area (Å²) >= 11 is 12.5. The molecule has 1 atom stereocenters. The third kappa shape index (κ3) is 7.89. The number of rotatable bonds is 10. The minimum atomic E-state index is -4.79. The van der Waals surface area contributed by atoms with Crippen LogP contribution in [-0.2, 0) is 38.8 Å². The number of halogens is 5. The quantitative estimate of drug-likeness (QED) is 0.341. The average Bonchev–Trinajstić information content (AvgIpc) is 2.89. The van der Waals surface area contributed by atoms with Crippen molar-refractivity contribution in [3.8, 4) is 0 Å². The zero-order valence-corrected chi connectivity index (χ0v) is 23.8. The van der Waals surface area contributed by atoms with E-state index in [0.717, 1.165) is 17.2 Å². The monoisotopic (exact) mass is 615 g/mol. The van der Waals surface area contributed by atoms with Crippen LogP contribution in [0.3, 0.4) is 0 Å². The van der Waals surface area contributed by atoms with E-state index in [0.29, 0.717) is 32.6 Å². The van der Waals surface area contributed by atoms with Crippen molar-refractivity contribution in [1.82, 2.24) is 10.2 Å². The van der Waals surface area contributed by atoms with Gasteiger partial charge in [0.25, 0.3) is 0 Å². The summed E-state index contributed by atoms with van der Waals surface area (Å²) in [5, 5.41) is 2.52. The molecule has 3 aromatic carbocycles. The van der Waals surface area contributed by atoms with Crippen LogP contribution < -0.4 is 9.62 Å². The standard InChI is InChI=1S/C27H26Cl2F3N3O4S/c1-33-26(37)24(14-18-8-4-3-5-9-18)34(16-19-10-6-7-11-21(19)28)25(36)17-35(40(2,38)39)23-15-20(27(30,31)32)12-13-22(23)29/h3-13,15,24H,14,16-17H2,1-2H3,(H,33,37)/t24-/m0/s1. The Morgan fingerprint density at radius 2 is 1.57 bits per heavy atom. The average molecular weight is 616 g/mol. The van der Waals surface area contributed by atoms with Crippen molar-refractivity contribution in [3.05, 3.63) is 99.5 Å². The molecule has 0 radical (unpaired) electrons. The van der Waals surface area contributed by atoms with E-state index in [1.165, 1.54) is 7.05 Å². The van der Waals surface area contributed by atoms with Crippen LogP contribution in [0, 0.1) is 0 Å². The topological polar surface area (TPSA) is 86.8 Å². The molecular weight excluding hydrogens is 590 g/mol. The van der Waals surface area contributed by atoms with Gasteiger partial charge in [0.15, 0.2) is 0 Å².